The van der Waals surface area contributed by atoms with Crippen molar-refractivity contribution in [3.05, 3.63) is 46.9 Å². The number of nitrogens with zero attached hydrogens (tertiary/aromatic N) is 4. The van der Waals surface area contributed by atoms with Crippen LogP contribution in [0.5, 0.6) is 5.75 Å². The average Bonchev–Trinajstić information content (AvgIpc) is 2.41. The van der Waals surface area contributed by atoms with Crippen LogP contribution >= 0.6 is 0 Å². The van der Waals surface area contributed by atoms with Crippen LogP contribution in [0.1, 0.15) is 0 Å². The number of phenols is 1. The minimum atomic E-state index is -0.0741. The molecule has 1 aromatic heterocycles. The molecule has 0 atom stereocenters. The zero-order valence-corrected chi connectivity index (χ0v) is 12.6. The number of aromatic nitrogens is 2. The second kappa shape index (κ2) is 7.78. The molecule has 7 nitrogen and oxygen atoms in total. The van der Waals surface area contributed by atoms with Crippen molar-refractivity contribution in [3.8, 4) is 5.75 Å². The van der Waals surface area contributed by atoms with E-state index in [0.29, 0.717) is 5.69 Å². The van der Waals surface area contributed by atoms with Gasteiger partial charge in [-0.25, -0.2) is 0 Å². The number of anilines is 1. The fourth-order valence-corrected chi connectivity index (χ4v) is 1.49. The van der Waals surface area contributed by atoms with E-state index < -0.39 is 0 Å². The Morgan fingerprint density at radius 1 is 1.29 bits per heavy atom. The van der Waals surface area contributed by atoms with E-state index in [-0.39, 0.29) is 11.3 Å². The molecule has 2 N–H and O–H groups in total. The van der Waals surface area contributed by atoms with Gasteiger partial charge in [0.1, 0.15) is 11.4 Å². The van der Waals surface area contributed by atoms with Crippen LogP contribution in [0.4, 0.5) is 11.4 Å². The van der Waals surface area contributed by atoms with E-state index in [1.165, 1.54) is 6.07 Å². The molecular formula is C14H20N5O2+. The largest absolute Gasteiger partial charge is 0.506 e. The molecule has 0 unspecified atom stereocenters. The Balaban J connectivity index is 0.000000235. The van der Waals surface area contributed by atoms with Gasteiger partial charge in [-0.2, -0.15) is 10.2 Å². The molecule has 0 bridgehead atoms. The second-order valence-corrected chi connectivity index (χ2v) is 4.46. The monoisotopic (exact) mass is 290 g/mol. The van der Waals surface area contributed by atoms with Gasteiger partial charge in [-0.05, 0) is 12.1 Å². The Morgan fingerprint density at radius 2 is 2.00 bits per heavy atom. The van der Waals surface area contributed by atoms with Gasteiger partial charge in [0.05, 0.1) is 0 Å². The van der Waals surface area contributed by atoms with Crippen LogP contribution in [-0.2, 0) is 7.05 Å². The first-order chi connectivity index (χ1) is 9.93. The maximum Gasteiger partial charge on any atom is 0.297 e. The summed E-state index contributed by atoms with van der Waals surface area (Å²) in [5.74, 6) is 0.150. The van der Waals surface area contributed by atoms with E-state index in [9.17, 15) is 9.90 Å². The molecule has 1 heterocycles. The molecule has 7 heteroatoms. The number of nitrogens with one attached hydrogen (secondary N) is 1. The third kappa shape index (κ3) is 5.43. The summed E-state index contributed by atoms with van der Waals surface area (Å²) in [5.41, 5.74) is 1.36. The van der Waals surface area contributed by atoms with Crippen molar-refractivity contribution in [2.45, 2.75) is 0 Å². The number of aromatic amines is 1. The predicted molar refractivity (Wildman–Crippen MR) is 81.1 cm³/mol. The topological polar surface area (TPSA) is 84.9 Å². The molecule has 0 aliphatic carbocycles. The number of hydrogen-bond donors (Lipinski definition) is 2. The summed E-state index contributed by atoms with van der Waals surface area (Å²) in [6, 6.07) is 8.43. The number of aryl methyl sites for hydroxylation is 1. The fourth-order valence-electron chi connectivity index (χ4n) is 1.49. The van der Waals surface area contributed by atoms with Crippen molar-refractivity contribution in [1.82, 2.24) is 5.10 Å². The molecule has 112 valence electrons. The Labute approximate surface area is 123 Å². The highest BCUT2D eigenvalue weighted by atomic mass is 16.3. The minimum absolute atomic E-state index is 0.0741. The highest BCUT2D eigenvalue weighted by Gasteiger charge is 2.02. The van der Waals surface area contributed by atoms with E-state index in [1.807, 2.05) is 25.1 Å². The Bertz CT molecular complexity index is 664. The van der Waals surface area contributed by atoms with Gasteiger partial charge in [-0.15, -0.1) is 9.78 Å². The van der Waals surface area contributed by atoms with Gasteiger partial charge in [0.2, 0.25) is 0 Å². The van der Waals surface area contributed by atoms with Crippen LogP contribution in [0, 0.1) is 0 Å². The molecule has 0 aliphatic heterocycles. The van der Waals surface area contributed by atoms with Crippen LogP contribution < -0.4 is 15.1 Å². The summed E-state index contributed by atoms with van der Waals surface area (Å²) in [7, 11) is 7.16. The van der Waals surface area contributed by atoms with Crippen molar-refractivity contribution in [2.24, 2.45) is 17.3 Å². The van der Waals surface area contributed by atoms with Crippen LogP contribution in [0.15, 0.2) is 51.6 Å². The second-order valence-electron chi connectivity index (χ2n) is 4.46. The van der Waals surface area contributed by atoms with Crippen LogP contribution in [0.2, 0.25) is 0 Å². The van der Waals surface area contributed by atoms with Gasteiger partial charge in [0, 0.05) is 45.0 Å². The molecule has 0 saturated heterocycles. The van der Waals surface area contributed by atoms with Gasteiger partial charge in [-0.3, -0.25) is 4.79 Å². The number of rotatable bonds is 2. The maximum absolute atomic E-state index is 10.4. The summed E-state index contributed by atoms with van der Waals surface area (Å²) < 4.78 is 1.60. The third-order valence-electron chi connectivity index (χ3n) is 2.53. The normalized spacial score (nSPS) is 10.1. The quantitative estimate of drug-likeness (QED) is 0.647. The first kappa shape index (κ1) is 16.4. The van der Waals surface area contributed by atoms with Crippen LogP contribution in [0.3, 0.4) is 0 Å². The first-order valence-corrected chi connectivity index (χ1v) is 6.29. The number of benzene rings is 1. The van der Waals surface area contributed by atoms with E-state index >= 15 is 0 Å². The van der Waals surface area contributed by atoms with Crippen molar-refractivity contribution >= 4 is 11.4 Å². The fraction of sp³-hybridized carbons (Fsp3) is 0.286. The Kier molecular flexibility index (Phi) is 6.06. The lowest BCUT2D eigenvalue weighted by Crippen LogP contribution is -2.37. The SMILES string of the molecule is CN=Nc1ccc(N(C)C)cc1O.C[n+]1cccc(=O)[nH]1. The van der Waals surface area contributed by atoms with Crippen LogP contribution in [0.25, 0.3) is 0 Å². The average molecular weight is 290 g/mol. The highest BCUT2D eigenvalue weighted by molar-refractivity contribution is 5.60. The van der Waals surface area contributed by atoms with Gasteiger partial charge in [0.15, 0.2) is 13.2 Å². The number of H-pyrrole nitrogens is 1. The summed E-state index contributed by atoms with van der Waals surface area (Å²) in [5, 5.41) is 19.4. The molecule has 2 aromatic rings. The molecule has 1 aromatic carbocycles. The molecule has 2 rings (SSSR count). The maximum atomic E-state index is 10.4. The summed E-state index contributed by atoms with van der Waals surface area (Å²) >= 11 is 0. The zero-order valence-electron chi connectivity index (χ0n) is 12.6. The van der Waals surface area contributed by atoms with E-state index in [2.05, 4.69) is 15.3 Å². The van der Waals surface area contributed by atoms with Gasteiger partial charge in [-0.1, -0.05) is 0 Å². The summed E-state index contributed by atoms with van der Waals surface area (Å²) in [6.07, 6.45) is 1.77. The summed E-state index contributed by atoms with van der Waals surface area (Å²) in [4.78, 5) is 12.3. The Morgan fingerprint density at radius 3 is 2.43 bits per heavy atom. The molecule has 0 radical (unpaired) electrons. The van der Waals surface area contributed by atoms with Gasteiger partial charge < -0.3 is 10.0 Å². The van der Waals surface area contributed by atoms with E-state index in [0.717, 1.165) is 5.69 Å². The standard InChI is InChI=1S/C9H13N3O.C5H6N2O/c1-10-11-8-5-4-7(12(2)3)6-9(8)13;1-7-4-2-3-5(8)6-7/h4-6,13H,1-3H3;2-4H,1H3/p+1. The molecule has 21 heavy (non-hydrogen) atoms. The first-order valence-electron chi connectivity index (χ1n) is 6.29. The minimum Gasteiger partial charge on any atom is -0.506 e. The zero-order chi connectivity index (χ0) is 15.8. The van der Waals surface area contributed by atoms with Crippen molar-refractivity contribution in [1.29, 1.82) is 0 Å². The third-order valence-corrected chi connectivity index (χ3v) is 2.53. The lowest BCUT2D eigenvalue weighted by atomic mass is 10.2. The lowest BCUT2D eigenvalue weighted by molar-refractivity contribution is -0.732. The molecule has 0 saturated carbocycles. The molecule has 0 fully saturated rings. The summed E-state index contributed by atoms with van der Waals surface area (Å²) in [6.45, 7) is 0. The van der Waals surface area contributed by atoms with Crippen molar-refractivity contribution in [3.63, 3.8) is 0 Å². The molecule has 0 spiro atoms. The van der Waals surface area contributed by atoms with Crippen molar-refractivity contribution < 1.29 is 9.79 Å². The number of hydrogen-bond acceptors (Lipinski definition) is 5. The van der Waals surface area contributed by atoms with E-state index in [1.54, 1.807) is 43.2 Å². The molecular weight excluding hydrogens is 270 g/mol. The molecule has 0 amide bonds. The predicted octanol–water partition coefficient (Wildman–Crippen LogP) is 1.37. The number of phenolic OH excluding ortho intramolecular Hbond substituents is 1. The Hall–Kier alpha value is -2.70. The number of aromatic hydroxyl groups is 1. The number of azo groups is 1. The molecule has 0 aliphatic rings. The van der Waals surface area contributed by atoms with Crippen LogP contribution in [-0.4, -0.2) is 31.3 Å². The van der Waals surface area contributed by atoms with Gasteiger partial charge >= 0.3 is 0 Å². The van der Waals surface area contributed by atoms with Crippen molar-refractivity contribution in [2.75, 3.05) is 26.0 Å². The lowest BCUT2D eigenvalue weighted by Gasteiger charge is -2.12. The van der Waals surface area contributed by atoms with Gasteiger partial charge in [0.25, 0.3) is 5.56 Å². The highest BCUT2D eigenvalue weighted by Crippen LogP contribution is 2.30. The smallest absolute Gasteiger partial charge is 0.297 e. The van der Waals surface area contributed by atoms with E-state index in [4.69, 9.17) is 0 Å².